The Balaban J connectivity index is 2.91. The molecule has 0 saturated carbocycles. The van der Waals surface area contributed by atoms with E-state index in [1.807, 2.05) is 0 Å². The van der Waals surface area contributed by atoms with Crippen LogP contribution in [0.3, 0.4) is 0 Å². The SMILES string of the molecule is CC[C@@H](OC(O)CO)n1ccc(N)nc1=O. The van der Waals surface area contributed by atoms with Crippen LogP contribution >= 0.6 is 0 Å². The third kappa shape index (κ3) is 3.02. The van der Waals surface area contributed by atoms with Gasteiger partial charge in [-0.3, -0.25) is 4.57 Å². The van der Waals surface area contributed by atoms with E-state index in [9.17, 15) is 4.79 Å². The van der Waals surface area contributed by atoms with Crippen LogP contribution in [0.25, 0.3) is 0 Å². The number of aliphatic hydroxyl groups is 2. The molecule has 4 N–H and O–H groups in total. The van der Waals surface area contributed by atoms with Gasteiger partial charge in [-0.15, -0.1) is 0 Å². The number of rotatable bonds is 5. The summed E-state index contributed by atoms with van der Waals surface area (Å²) >= 11 is 0. The summed E-state index contributed by atoms with van der Waals surface area (Å²) in [5.74, 6) is 0.124. The van der Waals surface area contributed by atoms with Crippen LogP contribution in [-0.2, 0) is 4.74 Å². The molecule has 0 saturated heterocycles. The highest BCUT2D eigenvalue weighted by atomic mass is 16.6. The van der Waals surface area contributed by atoms with Crippen LogP contribution < -0.4 is 11.4 Å². The number of ether oxygens (including phenoxy) is 1. The van der Waals surface area contributed by atoms with Gasteiger partial charge >= 0.3 is 5.69 Å². The minimum atomic E-state index is -1.32. The number of aromatic nitrogens is 2. The molecule has 0 amide bonds. The topological polar surface area (TPSA) is 111 Å². The van der Waals surface area contributed by atoms with Gasteiger partial charge in [-0.2, -0.15) is 4.98 Å². The second-order valence-corrected chi connectivity index (χ2v) is 3.18. The van der Waals surface area contributed by atoms with E-state index in [1.54, 1.807) is 6.92 Å². The minimum absolute atomic E-state index is 0.124. The summed E-state index contributed by atoms with van der Waals surface area (Å²) in [6, 6.07) is 1.46. The number of nitrogens with zero attached hydrogens (tertiary/aromatic N) is 2. The highest BCUT2D eigenvalue weighted by Gasteiger charge is 2.15. The van der Waals surface area contributed by atoms with Crippen molar-refractivity contribution in [2.75, 3.05) is 12.3 Å². The Morgan fingerprint density at radius 3 is 2.88 bits per heavy atom. The van der Waals surface area contributed by atoms with E-state index in [1.165, 1.54) is 16.8 Å². The van der Waals surface area contributed by atoms with Crippen LogP contribution in [0.1, 0.15) is 19.6 Å². The van der Waals surface area contributed by atoms with Gasteiger partial charge < -0.3 is 20.7 Å². The fourth-order valence-corrected chi connectivity index (χ4v) is 1.23. The summed E-state index contributed by atoms with van der Waals surface area (Å²) in [5, 5.41) is 17.8. The number of nitrogen functional groups attached to an aromatic ring is 1. The van der Waals surface area contributed by atoms with Crippen LogP contribution in [-0.4, -0.2) is 32.7 Å². The van der Waals surface area contributed by atoms with Gasteiger partial charge in [0.2, 0.25) is 0 Å². The summed E-state index contributed by atoms with van der Waals surface area (Å²) in [5.41, 5.74) is 4.78. The Labute approximate surface area is 92.1 Å². The Hall–Kier alpha value is -1.44. The van der Waals surface area contributed by atoms with Gasteiger partial charge in [0, 0.05) is 6.20 Å². The van der Waals surface area contributed by atoms with E-state index in [-0.39, 0.29) is 5.82 Å². The molecule has 7 nitrogen and oxygen atoms in total. The lowest BCUT2D eigenvalue weighted by molar-refractivity contribution is -0.179. The molecule has 1 aromatic rings. The fourth-order valence-electron chi connectivity index (χ4n) is 1.23. The molecular formula is C9H15N3O4. The van der Waals surface area contributed by atoms with Crippen LogP contribution in [0.4, 0.5) is 5.82 Å². The van der Waals surface area contributed by atoms with Crippen LogP contribution in [0.15, 0.2) is 17.1 Å². The van der Waals surface area contributed by atoms with Gasteiger partial charge in [0.05, 0.1) is 6.61 Å². The number of anilines is 1. The highest BCUT2D eigenvalue weighted by molar-refractivity contribution is 5.23. The zero-order chi connectivity index (χ0) is 12.1. The third-order valence-corrected chi connectivity index (χ3v) is 1.98. The van der Waals surface area contributed by atoms with Gasteiger partial charge in [-0.25, -0.2) is 4.79 Å². The third-order valence-electron chi connectivity index (χ3n) is 1.98. The molecule has 0 fully saturated rings. The van der Waals surface area contributed by atoms with Crippen LogP contribution in [0.2, 0.25) is 0 Å². The second kappa shape index (κ2) is 5.59. The smallest absolute Gasteiger partial charge is 0.351 e. The lowest BCUT2D eigenvalue weighted by Crippen LogP contribution is -2.31. The fraction of sp³-hybridized carbons (Fsp3) is 0.556. The van der Waals surface area contributed by atoms with E-state index in [0.29, 0.717) is 6.42 Å². The number of hydrogen-bond donors (Lipinski definition) is 3. The standard InChI is InChI=1S/C9H15N3O4/c1-2-7(16-8(14)5-13)12-4-3-6(10)11-9(12)15/h3-4,7-8,13-14H,2,5H2,1H3,(H2,10,11,15)/t7-,8?/m1/s1. The molecule has 0 aliphatic heterocycles. The van der Waals surface area contributed by atoms with Gasteiger partial charge in [0.25, 0.3) is 0 Å². The molecule has 1 aromatic heterocycles. The van der Waals surface area contributed by atoms with E-state index in [0.717, 1.165) is 0 Å². The molecule has 0 radical (unpaired) electrons. The minimum Gasteiger partial charge on any atom is -0.391 e. The first-order valence-electron chi connectivity index (χ1n) is 4.87. The van der Waals surface area contributed by atoms with Crippen LogP contribution in [0.5, 0.6) is 0 Å². The molecular weight excluding hydrogens is 214 g/mol. The average molecular weight is 229 g/mol. The van der Waals surface area contributed by atoms with Crippen molar-refractivity contribution in [2.45, 2.75) is 25.9 Å². The number of nitrogens with two attached hydrogens (primary N) is 1. The molecule has 0 bridgehead atoms. The van der Waals surface area contributed by atoms with Crippen molar-refractivity contribution in [1.82, 2.24) is 9.55 Å². The maximum atomic E-state index is 11.5. The first-order valence-corrected chi connectivity index (χ1v) is 4.87. The molecule has 0 spiro atoms. The Morgan fingerprint density at radius 2 is 2.38 bits per heavy atom. The van der Waals surface area contributed by atoms with E-state index in [4.69, 9.17) is 20.7 Å². The predicted molar refractivity (Wildman–Crippen MR) is 56.4 cm³/mol. The summed E-state index contributed by atoms with van der Waals surface area (Å²) < 4.78 is 6.25. The quantitative estimate of drug-likeness (QED) is 0.562. The molecule has 0 aliphatic rings. The van der Waals surface area contributed by atoms with Crippen molar-refractivity contribution in [3.8, 4) is 0 Å². The average Bonchev–Trinajstić information content (AvgIpc) is 2.26. The molecule has 90 valence electrons. The molecule has 16 heavy (non-hydrogen) atoms. The predicted octanol–water partition coefficient (Wildman–Crippen LogP) is -0.939. The largest absolute Gasteiger partial charge is 0.391 e. The van der Waals surface area contributed by atoms with Crippen LogP contribution in [0, 0.1) is 0 Å². The lowest BCUT2D eigenvalue weighted by atomic mass is 10.4. The zero-order valence-corrected chi connectivity index (χ0v) is 8.91. The maximum absolute atomic E-state index is 11.5. The zero-order valence-electron chi connectivity index (χ0n) is 8.91. The van der Waals surface area contributed by atoms with Gasteiger partial charge in [-0.05, 0) is 12.5 Å². The molecule has 7 heteroatoms. The second-order valence-electron chi connectivity index (χ2n) is 3.18. The number of aliphatic hydroxyl groups excluding tert-OH is 2. The van der Waals surface area contributed by atoms with Crippen molar-refractivity contribution in [2.24, 2.45) is 0 Å². The molecule has 0 aliphatic carbocycles. The Kier molecular flexibility index (Phi) is 4.41. The van der Waals surface area contributed by atoms with Gasteiger partial charge in [-0.1, -0.05) is 6.92 Å². The lowest BCUT2D eigenvalue weighted by Gasteiger charge is -2.20. The number of hydrogen-bond acceptors (Lipinski definition) is 6. The summed E-state index contributed by atoms with van der Waals surface area (Å²) in [6.07, 6.45) is -0.122. The molecule has 1 unspecified atom stereocenters. The summed E-state index contributed by atoms with van der Waals surface area (Å²) in [7, 11) is 0. The normalized spacial score (nSPS) is 14.7. The maximum Gasteiger partial charge on any atom is 0.351 e. The highest BCUT2D eigenvalue weighted by Crippen LogP contribution is 2.12. The van der Waals surface area contributed by atoms with Crippen molar-refractivity contribution in [1.29, 1.82) is 0 Å². The monoisotopic (exact) mass is 229 g/mol. The molecule has 0 aromatic carbocycles. The van der Waals surface area contributed by atoms with Crippen molar-refractivity contribution in [3.63, 3.8) is 0 Å². The summed E-state index contributed by atoms with van der Waals surface area (Å²) in [6.45, 7) is 1.24. The Morgan fingerprint density at radius 1 is 1.69 bits per heavy atom. The molecule has 2 atom stereocenters. The molecule has 1 heterocycles. The van der Waals surface area contributed by atoms with Crippen molar-refractivity contribution >= 4 is 5.82 Å². The van der Waals surface area contributed by atoms with Crippen molar-refractivity contribution < 1.29 is 14.9 Å². The van der Waals surface area contributed by atoms with E-state index >= 15 is 0 Å². The van der Waals surface area contributed by atoms with E-state index < -0.39 is 24.8 Å². The molecule has 1 rings (SSSR count). The van der Waals surface area contributed by atoms with Gasteiger partial charge in [0.15, 0.2) is 6.29 Å². The first kappa shape index (κ1) is 12.6. The first-order chi connectivity index (χ1) is 7.58. The van der Waals surface area contributed by atoms with Crippen molar-refractivity contribution in [3.05, 3.63) is 22.7 Å². The van der Waals surface area contributed by atoms with E-state index in [2.05, 4.69) is 4.98 Å². The summed E-state index contributed by atoms with van der Waals surface area (Å²) in [4.78, 5) is 15.0. The van der Waals surface area contributed by atoms with Gasteiger partial charge in [0.1, 0.15) is 12.0 Å². The Bertz CT molecular complexity index is 393.